The fourth-order valence-corrected chi connectivity index (χ4v) is 5.34. The molecule has 0 aromatic heterocycles. The Balaban J connectivity index is 1.23. The third kappa shape index (κ3) is 4.30. The average molecular weight is 395 g/mol. The van der Waals surface area contributed by atoms with Crippen molar-refractivity contribution >= 4 is 15.9 Å². The first kappa shape index (κ1) is 18.4. The van der Waals surface area contributed by atoms with E-state index in [1.807, 2.05) is 23.1 Å². The number of hydrogen-bond donors (Lipinski definition) is 1. The first-order valence-electron chi connectivity index (χ1n) is 9.36. The van der Waals surface area contributed by atoms with Crippen LogP contribution in [0.3, 0.4) is 0 Å². The number of amides is 2. The maximum Gasteiger partial charge on any atom is 0.317 e. The molecule has 0 unspecified atom stereocenters. The van der Waals surface area contributed by atoms with Gasteiger partial charge in [0.25, 0.3) is 0 Å². The molecule has 3 aliphatic heterocycles. The standard InChI is InChI=1S/C18H25N3O5S/c22-18(19-12-14-1-2-16-17(11-14)26-13-25-16)21-7-5-20(6-8-21)15-3-9-27(23,24)10-4-15/h1-2,11,15H,3-10,12-13H2,(H,19,22). The summed E-state index contributed by atoms with van der Waals surface area (Å²) >= 11 is 0. The summed E-state index contributed by atoms with van der Waals surface area (Å²) < 4.78 is 33.8. The maximum absolute atomic E-state index is 12.4. The highest BCUT2D eigenvalue weighted by Gasteiger charge is 2.30. The van der Waals surface area contributed by atoms with Crippen LogP contribution in [0.25, 0.3) is 0 Å². The van der Waals surface area contributed by atoms with Gasteiger partial charge in [-0.2, -0.15) is 0 Å². The molecule has 1 aromatic rings. The van der Waals surface area contributed by atoms with Crippen molar-refractivity contribution in [2.75, 3.05) is 44.5 Å². The number of carbonyl (C=O) groups is 1. The molecule has 0 saturated carbocycles. The lowest BCUT2D eigenvalue weighted by molar-refractivity contribution is 0.103. The molecule has 4 rings (SSSR count). The maximum atomic E-state index is 12.4. The van der Waals surface area contributed by atoms with Gasteiger partial charge in [-0.05, 0) is 30.5 Å². The van der Waals surface area contributed by atoms with Crippen LogP contribution in [0, 0.1) is 0 Å². The Morgan fingerprint density at radius 1 is 1.07 bits per heavy atom. The molecule has 0 aliphatic carbocycles. The topological polar surface area (TPSA) is 88.2 Å². The predicted octanol–water partition coefficient (Wildman–Crippen LogP) is 0.820. The van der Waals surface area contributed by atoms with E-state index in [1.165, 1.54) is 0 Å². The van der Waals surface area contributed by atoms with Crippen molar-refractivity contribution in [1.82, 2.24) is 15.1 Å². The average Bonchev–Trinajstić information content (AvgIpc) is 3.14. The monoisotopic (exact) mass is 395 g/mol. The molecule has 2 fully saturated rings. The van der Waals surface area contributed by atoms with Gasteiger partial charge in [0, 0.05) is 38.8 Å². The Morgan fingerprint density at radius 2 is 1.78 bits per heavy atom. The largest absolute Gasteiger partial charge is 0.454 e. The molecule has 0 bridgehead atoms. The third-order valence-corrected chi connectivity index (χ3v) is 7.24. The lowest BCUT2D eigenvalue weighted by atomic mass is 10.1. The predicted molar refractivity (Wildman–Crippen MR) is 99.6 cm³/mol. The van der Waals surface area contributed by atoms with Crippen molar-refractivity contribution < 1.29 is 22.7 Å². The van der Waals surface area contributed by atoms with Gasteiger partial charge in [-0.1, -0.05) is 6.07 Å². The van der Waals surface area contributed by atoms with E-state index < -0.39 is 9.84 Å². The van der Waals surface area contributed by atoms with E-state index in [4.69, 9.17) is 9.47 Å². The number of urea groups is 1. The molecular formula is C18H25N3O5S. The first-order valence-corrected chi connectivity index (χ1v) is 11.2. The van der Waals surface area contributed by atoms with Gasteiger partial charge < -0.3 is 19.7 Å². The molecule has 27 heavy (non-hydrogen) atoms. The van der Waals surface area contributed by atoms with Crippen molar-refractivity contribution in [2.24, 2.45) is 0 Å². The van der Waals surface area contributed by atoms with Crippen molar-refractivity contribution in [2.45, 2.75) is 25.4 Å². The van der Waals surface area contributed by atoms with Gasteiger partial charge in [-0.3, -0.25) is 4.90 Å². The quantitative estimate of drug-likeness (QED) is 0.815. The van der Waals surface area contributed by atoms with Crippen LogP contribution in [0.5, 0.6) is 11.5 Å². The fraction of sp³-hybridized carbons (Fsp3) is 0.611. The van der Waals surface area contributed by atoms with E-state index in [2.05, 4.69) is 10.2 Å². The summed E-state index contributed by atoms with van der Waals surface area (Å²) in [6.45, 7) is 3.59. The van der Waals surface area contributed by atoms with E-state index in [-0.39, 0.29) is 24.3 Å². The van der Waals surface area contributed by atoms with E-state index in [0.29, 0.717) is 44.3 Å². The lowest BCUT2D eigenvalue weighted by Gasteiger charge is -2.40. The van der Waals surface area contributed by atoms with Crippen LogP contribution < -0.4 is 14.8 Å². The minimum Gasteiger partial charge on any atom is -0.454 e. The van der Waals surface area contributed by atoms with Crippen LogP contribution >= 0.6 is 0 Å². The number of fused-ring (bicyclic) bond motifs is 1. The molecule has 2 saturated heterocycles. The summed E-state index contributed by atoms with van der Waals surface area (Å²) in [5.41, 5.74) is 0.967. The van der Waals surface area contributed by atoms with Gasteiger partial charge in [-0.15, -0.1) is 0 Å². The van der Waals surface area contributed by atoms with Crippen LogP contribution in [0.15, 0.2) is 18.2 Å². The zero-order valence-corrected chi connectivity index (χ0v) is 16.0. The number of nitrogens with zero attached hydrogens (tertiary/aromatic N) is 2. The number of nitrogens with one attached hydrogen (secondary N) is 1. The summed E-state index contributed by atoms with van der Waals surface area (Å²) in [6.07, 6.45) is 1.41. The second-order valence-corrected chi connectivity index (χ2v) is 9.56. The summed E-state index contributed by atoms with van der Waals surface area (Å²) in [7, 11) is -2.83. The number of piperazine rings is 1. The van der Waals surface area contributed by atoms with Gasteiger partial charge in [0.05, 0.1) is 11.5 Å². The second-order valence-electron chi connectivity index (χ2n) is 7.25. The van der Waals surface area contributed by atoms with Gasteiger partial charge in [-0.25, -0.2) is 13.2 Å². The van der Waals surface area contributed by atoms with Gasteiger partial charge in [0.15, 0.2) is 11.5 Å². The number of hydrogen-bond acceptors (Lipinski definition) is 6. The Kier molecular flexibility index (Phi) is 5.14. The molecule has 148 valence electrons. The minimum absolute atomic E-state index is 0.0708. The van der Waals surface area contributed by atoms with E-state index in [0.717, 1.165) is 24.4 Å². The third-order valence-electron chi connectivity index (χ3n) is 5.52. The van der Waals surface area contributed by atoms with Crippen LogP contribution in [0.2, 0.25) is 0 Å². The number of carbonyl (C=O) groups excluding carboxylic acids is 1. The Labute approximate surface area is 159 Å². The highest BCUT2D eigenvalue weighted by atomic mass is 32.2. The molecule has 8 nitrogen and oxygen atoms in total. The molecule has 2 amide bonds. The number of benzene rings is 1. The molecule has 1 N–H and O–H groups in total. The summed E-state index contributed by atoms with van der Waals surface area (Å²) in [4.78, 5) is 16.6. The fourth-order valence-electron chi connectivity index (χ4n) is 3.87. The molecule has 1 aromatic carbocycles. The Bertz CT molecular complexity index is 791. The highest BCUT2D eigenvalue weighted by molar-refractivity contribution is 7.91. The normalized spacial score (nSPS) is 22.6. The van der Waals surface area contributed by atoms with Crippen LogP contribution in [-0.4, -0.2) is 74.8 Å². The minimum atomic E-state index is -2.83. The van der Waals surface area contributed by atoms with Gasteiger partial charge >= 0.3 is 6.03 Å². The van der Waals surface area contributed by atoms with Crippen molar-refractivity contribution in [3.63, 3.8) is 0 Å². The molecule has 0 spiro atoms. The van der Waals surface area contributed by atoms with Crippen LogP contribution in [0.4, 0.5) is 4.79 Å². The van der Waals surface area contributed by atoms with Gasteiger partial charge in [0.2, 0.25) is 6.79 Å². The number of ether oxygens (including phenoxy) is 2. The molecule has 0 atom stereocenters. The number of rotatable bonds is 3. The summed E-state index contributed by atoms with van der Waals surface area (Å²) in [6, 6.07) is 5.92. The molecule has 3 aliphatic rings. The Morgan fingerprint density at radius 3 is 2.52 bits per heavy atom. The molecule has 0 radical (unpaired) electrons. The number of sulfone groups is 1. The summed E-state index contributed by atoms with van der Waals surface area (Å²) in [5.74, 6) is 2.02. The zero-order chi connectivity index (χ0) is 18.9. The smallest absolute Gasteiger partial charge is 0.317 e. The molecule has 3 heterocycles. The second kappa shape index (κ2) is 7.55. The van der Waals surface area contributed by atoms with Crippen LogP contribution in [0.1, 0.15) is 18.4 Å². The zero-order valence-electron chi connectivity index (χ0n) is 15.2. The van der Waals surface area contributed by atoms with E-state index in [1.54, 1.807) is 0 Å². The Hall–Kier alpha value is -2.00. The van der Waals surface area contributed by atoms with Crippen LogP contribution in [-0.2, 0) is 16.4 Å². The highest BCUT2D eigenvalue weighted by Crippen LogP contribution is 2.32. The molecular weight excluding hydrogens is 370 g/mol. The van der Waals surface area contributed by atoms with Crippen molar-refractivity contribution in [3.8, 4) is 11.5 Å². The molecule has 9 heteroatoms. The lowest BCUT2D eigenvalue weighted by Crippen LogP contribution is -2.55. The van der Waals surface area contributed by atoms with Crippen molar-refractivity contribution in [1.29, 1.82) is 0 Å². The first-order chi connectivity index (χ1) is 13.0. The van der Waals surface area contributed by atoms with Gasteiger partial charge in [0.1, 0.15) is 9.84 Å². The SMILES string of the molecule is O=C(NCc1ccc2c(c1)OCO2)N1CCN(C2CCS(=O)(=O)CC2)CC1. The summed E-state index contributed by atoms with van der Waals surface area (Å²) in [5, 5.41) is 2.96. The van der Waals surface area contributed by atoms with Crippen molar-refractivity contribution in [3.05, 3.63) is 23.8 Å². The van der Waals surface area contributed by atoms with E-state index in [9.17, 15) is 13.2 Å². The van der Waals surface area contributed by atoms with E-state index >= 15 is 0 Å².